The van der Waals surface area contributed by atoms with Crippen LogP contribution in [0, 0.1) is 11.3 Å². The molecule has 144 valence electrons. The van der Waals surface area contributed by atoms with Crippen molar-refractivity contribution >= 4 is 5.91 Å². The van der Waals surface area contributed by atoms with Crippen LogP contribution in [0.2, 0.25) is 0 Å². The second-order valence-corrected chi connectivity index (χ2v) is 9.59. The highest BCUT2D eigenvalue weighted by molar-refractivity contribution is 5.79. The van der Waals surface area contributed by atoms with Gasteiger partial charge in [-0.05, 0) is 77.8 Å². The summed E-state index contributed by atoms with van der Waals surface area (Å²) in [6.45, 7) is 11.6. The SMILES string of the molecule is CC(C)(C)N1CCC2(CCC(C(=O)N3CCn4ncnc4C3)CC2)CC1. The molecular formula is C20H33N5O. The van der Waals surface area contributed by atoms with Gasteiger partial charge in [0.15, 0.2) is 0 Å². The molecule has 2 aliphatic heterocycles. The third kappa shape index (κ3) is 3.40. The van der Waals surface area contributed by atoms with Crippen molar-refractivity contribution in [2.75, 3.05) is 19.6 Å². The third-order valence-corrected chi connectivity index (χ3v) is 7.09. The van der Waals surface area contributed by atoms with Crippen LogP contribution in [0.3, 0.4) is 0 Å². The van der Waals surface area contributed by atoms with Crippen LogP contribution in [0.5, 0.6) is 0 Å². The van der Waals surface area contributed by atoms with Gasteiger partial charge in [-0.2, -0.15) is 5.10 Å². The van der Waals surface area contributed by atoms with Gasteiger partial charge in [-0.25, -0.2) is 9.67 Å². The molecule has 1 saturated heterocycles. The summed E-state index contributed by atoms with van der Waals surface area (Å²) in [7, 11) is 0. The first-order chi connectivity index (χ1) is 12.4. The van der Waals surface area contributed by atoms with E-state index in [1.54, 1.807) is 6.33 Å². The second-order valence-electron chi connectivity index (χ2n) is 9.59. The molecule has 0 bridgehead atoms. The lowest BCUT2D eigenvalue weighted by Gasteiger charge is -2.49. The molecule has 2 fully saturated rings. The molecule has 6 nitrogen and oxygen atoms in total. The van der Waals surface area contributed by atoms with E-state index in [1.165, 1.54) is 38.8 Å². The van der Waals surface area contributed by atoms with Crippen LogP contribution >= 0.6 is 0 Å². The zero-order valence-electron chi connectivity index (χ0n) is 16.6. The maximum absolute atomic E-state index is 13.0. The second kappa shape index (κ2) is 6.63. The molecule has 0 unspecified atom stereocenters. The maximum Gasteiger partial charge on any atom is 0.226 e. The minimum Gasteiger partial charge on any atom is -0.333 e. The van der Waals surface area contributed by atoms with Gasteiger partial charge in [-0.1, -0.05) is 0 Å². The summed E-state index contributed by atoms with van der Waals surface area (Å²) in [6.07, 6.45) is 8.79. The van der Waals surface area contributed by atoms with Gasteiger partial charge in [0.25, 0.3) is 0 Å². The van der Waals surface area contributed by atoms with Gasteiger partial charge >= 0.3 is 0 Å². The van der Waals surface area contributed by atoms with Crippen LogP contribution < -0.4 is 0 Å². The van der Waals surface area contributed by atoms with E-state index in [0.29, 0.717) is 17.9 Å². The first-order valence-corrected chi connectivity index (χ1v) is 10.3. The van der Waals surface area contributed by atoms with E-state index in [9.17, 15) is 4.79 Å². The van der Waals surface area contributed by atoms with E-state index < -0.39 is 0 Å². The zero-order valence-corrected chi connectivity index (χ0v) is 16.6. The van der Waals surface area contributed by atoms with Gasteiger partial charge in [0.2, 0.25) is 5.91 Å². The minimum absolute atomic E-state index is 0.218. The molecule has 1 aromatic heterocycles. The van der Waals surface area contributed by atoms with Crippen molar-refractivity contribution in [3.63, 3.8) is 0 Å². The van der Waals surface area contributed by atoms with Crippen LogP contribution in [-0.2, 0) is 17.9 Å². The van der Waals surface area contributed by atoms with Crippen LogP contribution in [0.4, 0.5) is 0 Å². The van der Waals surface area contributed by atoms with Crippen molar-refractivity contribution in [1.82, 2.24) is 24.6 Å². The van der Waals surface area contributed by atoms with Crippen LogP contribution in [0.25, 0.3) is 0 Å². The Hall–Kier alpha value is -1.43. The summed E-state index contributed by atoms with van der Waals surface area (Å²) in [5.41, 5.74) is 0.782. The molecule has 3 heterocycles. The third-order valence-electron chi connectivity index (χ3n) is 7.09. The van der Waals surface area contributed by atoms with Crippen molar-refractivity contribution in [3.05, 3.63) is 12.2 Å². The van der Waals surface area contributed by atoms with Gasteiger partial charge in [0.05, 0.1) is 13.1 Å². The van der Waals surface area contributed by atoms with Gasteiger partial charge in [-0.15, -0.1) is 0 Å². The summed E-state index contributed by atoms with van der Waals surface area (Å²) in [4.78, 5) is 21.9. The molecule has 1 amide bonds. The Bertz CT molecular complexity index is 643. The first-order valence-electron chi connectivity index (χ1n) is 10.3. The highest BCUT2D eigenvalue weighted by Crippen LogP contribution is 2.47. The number of carbonyl (C=O) groups excluding carboxylic acids is 1. The number of aromatic nitrogens is 3. The minimum atomic E-state index is 0.218. The van der Waals surface area contributed by atoms with E-state index in [2.05, 4.69) is 35.8 Å². The number of carbonyl (C=O) groups is 1. The van der Waals surface area contributed by atoms with Gasteiger partial charge in [-0.3, -0.25) is 9.69 Å². The molecule has 1 aliphatic carbocycles. The molecule has 0 N–H and O–H groups in total. The highest BCUT2D eigenvalue weighted by Gasteiger charge is 2.42. The Kier molecular flexibility index (Phi) is 4.58. The van der Waals surface area contributed by atoms with Crippen LogP contribution in [0.1, 0.15) is 65.1 Å². The standard InChI is InChI=1S/C20H33N5O/c1-19(2,3)24-10-8-20(9-11-24)6-4-16(5-7-20)18(26)23-12-13-25-17(14-23)21-15-22-25/h15-16H,4-14H2,1-3H3. The molecule has 0 radical (unpaired) electrons. The lowest BCUT2D eigenvalue weighted by Crippen LogP contribution is -2.50. The zero-order chi connectivity index (χ0) is 18.4. The Balaban J connectivity index is 1.31. The molecule has 1 aromatic rings. The summed E-state index contributed by atoms with van der Waals surface area (Å²) in [6, 6.07) is 0. The van der Waals surface area contributed by atoms with E-state index in [0.717, 1.165) is 31.8 Å². The summed E-state index contributed by atoms with van der Waals surface area (Å²) < 4.78 is 1.92. The van der Waals surface area contributed by atoms with Gasteiger partial charge in [0.1, 0.15) is 12.2 Å². The lowest BCUT2D eigenvalue weighted by atomic mass is 9.65. The maximum atomic E-state index is 13.0. The number of amides is 1. The predicted octanol–water partition coefficient (Wildman–Crippen LogP) is 2.69. The fraction of sp³-hybridized carbons (Fsp3) is 0.850. The van der Waals surface area contributed by atoms with E-state index in [1.807, 2.05) is 9.58 Å². The molecule has 1 saturated carbocycles. The largest absolute Gasteiger partial charge is 0.333 e. The van der Waals surface area contributed by atoms with E-state index in [-0.39, 0.29) is 11.5 Å². The molecule has 4 rings (SSSR count). The fourth-order valence-corrected chi connectivity index (χ4v) is 5.14. The quantitative estimate of drug-likeness (QED) is 0.774. The Labute approximate surface area is 156 Å². The Morgan fingerprint density at radius 2 is 1.77 bits per heavy atom. The normalized spacial score (nSPS) is 24.7. The number of fused-ring (bicyclic) bond motifs is 1. The highest BCUT2D eigenvalue weighted by atomic mass is 16.2. The number of rotatable bonds is 1. The van der Waals surface area contributed by atoms with Crippen molar-refractivity contribution in [2.45, 2.75) is 77.9 Å². The summed E-state index contributed by atoms with van der Waals surface area (Å²) in [5.74, 6) is 1.49. The molecule has 0 atom stereocenters. The first kappa shape index (κ1) is 18.0. The van der Waals surface area contributed by atoms with Crippen molar-refractivity contribution in [3.8, 4) is 0 Å². The van der Waals surface area contributed by atoms with E-state index >= 15 is 0 Å². The van der Waals surface area contributed by atoms with Crippen molar-refractivity contribution in [1.29, 1.82) is 0 Å². The monoisotopic (exact) mass is 359 g/mol. The lowest BCUT2D eigenvalue weighted by molar-refractivity contribution is -0.139. The van der Waals surface area contributed by atoms with Crippen LogP contribution in [0.15, 0.2) is 6.33 Å². The Morgan fingerprint density at radius 1 is 1.08 bits per heavy atom. The van der Waals surface area contributed by atoms with Gasteiger partial charge in [0, 0.05) is 18.0 Å². The topological polar surface area (TPSA) is 54.3 Å². The molecule has 0 aromatic carbocycles. The van der Waals surface area contributed by atoms with E-state index in [4.69, 9.17) is 0 Å². The smallest absolute Gasteiger partial charge is 0.226 e. The number of hydrogen-bond acceptors (Lipinski definition) is 4. The van der Waals surface area contributed by atoms with Gasteiger partial charge < -0.3 is 4.90 Å². The number of piperidine rings is 1. The summed E-state index contributed by atoms with van der Waals surface area (Å²) >= 11 is 0. The number of likely N-dealkylation sites (tertiary alicyclic amines) is 1. The molecule has 6 heteroatoms. The van der Waals surface area contributed by atoms with Crippen LogP contribution in [-0.4, -0.2) is 55.6 Å². The molecule has 3 aliphatic rings. The fourth-order valence-electron chi connectivity index (χ4n) is 5.14. The Morgan fingerprint density at radius 3 is 2.42 bits per heavy atom. The number of nitrogens with zero attached hydrogens (tertiary/aromatic N) is 5. The number of hydrogen-bond donors (Lipinski definition) is 0. The van der Waals surface area contributed by atoms with Crippen molar-refractivity contribution < 1.29 is 4.79 Å². The molecule has 1 spiro atoms. The molecule has 26 heavy (non-hydrogen) atoms. The average Bonchev–Trinajstić information content (AvgIpc) is 3.09. The summed E-state index contributed by atoms with van der Waals surface area (Å²) in [5, 5.41) is 4.21. The molecular weight excluding hydrogens is 326 g/mol. The van der Waals surface area contributed by atoms with Crippen molar-refractivity contribution in [2.24, 2.45) is 11.3 Å². The predicted molar refractivity (Wildman–Crippen MR) is 100 cm³/mol. The average molecular weight is 360 g/mol.